The maximum atomic E-state index is 11.4. The fourth-order valence-electron chi connectivity index (χ4n) is 1.90. The predicted octanol–water partition coefficient (Wildman–Crippen LogP) is 2.76. The van der Waals surface area contributed by atoms with Gasteiger partial charge in [-0.25, -0.2) is 0 Å². The fraction of sp³-hybridized carbons (Fsp3) is 0.188. The Kier molecular flexibility index (Phi) is 4.80. The first-order chi connectivity index (χ1) is 10.9. The molecule has 0 radical (unpaired) electrons. The molecule has 0 atom stereocenters. The Balaban J connectivity index is 2.64. The van der Waals surface area contributed by atoms with Gasteiger partial charge in [0.1, 0.15) is 0 Å². The molecular weight excluding hydrogens is 302 g/mol. The highest BCUT2D eigenvalue weighted by molar-refractivity contribution is 5.92. The van der Waals surface area contributed by atoms with E-state index in [4.69, 9.17) is 13.9 Å². The van der Waals surface area contributed by atoms with E-state index in [1.165, 1.54) is 20.8 Å². The van der Waals surface area contributed by atoms with Gasteiger partial charge in [-0.1, -0.05) is 30.3 Å². The van der Waals surface area contributed by atoms with E-state index in [1.54, 1.807) is 30.3 Å². The second kappa shape index (κ2) is 6.78. The van der Waals surface area contributed by atoms with Gasteiger partial charge in [0.05, 0.1) is 0 Å². The molecule has 0 saturated carbocycles. The Morgan fingerprint density at radius 3 is 2.00 bits per heavy atom. The van der Waals surface area contributed by atoms with Gasteiger partial charge in [0, 0.05) is 26.3 Å². The molecule has 1 aromatic carbocycles. The number of nitrogens with one attached hydrogen (secondary N) is 1. The molecule has 0 spiro atoms. The summed E-state index contributed by atoms with van der Waals surface area (Å²) in [4.78, 5) is 34.0. The third-order valence-corrected chi connectivity index (χ3v) is 2.64. The van der Waals surface area contributed by atoms with Crippen LogP contribution in [0, 0.1) is 0 Å². The summed E-state index contributed by atoms with van der Waals surface area (Å²) in [7, 11) is 0. The van der Waals surface area contributed by atoms with Gasteiger partial charge in [-0.3, -0.25) is 19.7 Å². The number of ether oxygens (including phenoxy) is 2. The van der Waals surface area contributed by atoms with Crippen molar-refractivity contribution in [3.05, 3.63) is 30.3 Å². The minimum Gasteiger partial charge on any atom is -0.432 e. The Labute approximate surface area is 132 Å². The van der Waals surface area contributed by atoms with Crippen LogP contribution < -0.4 is 14.8 Å². The Morgan fingerprint density at radius 1 is 0.913 bits per heavy atom. The van der Waals surface area contributed by atoms with Crippen molar-refractivity contribution in [3.8, 4) is 22.8 Å². The number of anilines is 1. The Bertz CT molecular complexity index is 747. The summed E-state index contributed by atoms with van der Waals surface area (Å²) in [5, 5.41) is 2.41. The van der Waals surface area contributed by atoms with Crippen molar-refractivity contribution in [1.29, 1.82) is 0 Å². The second-order valence-electron chi connectivity index (χ2n) is 4.65. The predicted molar refractivity (Wildman–Crippen MR) is 81.1 cm³/mol. The number of hydrogen-bond donors (Lipinski definition) is 1. The highest BCUT2D eigenvalue weighted by Crippen LogP contribution is 2.47. The minimum atomic E-state index is -0.648. The lowest BCUT2D eigenvalue weighted by Crippen LogP contribution is -2.10. The van der Waals surface area contributed by atoms with Crippen molar-refractivity contribution in [2.45, 2.75) is 20.8 Å². The molecule has 2 aromatic rings. The third-order valence-electron chi connectivity index (χ3n) is 2.64. The van der Waals surface area contributed by atoms with Crippen LogP contribution in [-0.2, 0) is 14.4 Å². The lowest BCUT2D eigenvalue weighted by Gasteiger charge is -2.05. The van der Waals surface area contributed by atoms with Crippen LogP contribution in [0.25, 0.3) is 11.3 Å². The van der Waals surface area contributed by atoms with E-state index in [-0.39, 0.29) is 23.1 Å². The summed E-state index contributed by atoms with van der Waals surface area (Å²) in [5.74, 6) is -1.86. The molecule has 1 N–H and O–H groups in total. The van der Waals surface area contributed by atoms with Crippen LogP contribution in [-0.4, -0.2) is 17.8 Å². The van der Waals surface area contributed by atoms with Gasteiger partial charge in [0.15, 0.2) is 5.76 Å². The van der Waals surface area contributed by atoms with Gasteiger partial charge in [-0.2, -0.15) is 0 Å². The molecule has 0 bridgehead atoms. The summed E-state index contributed by atoms with van der Waals surface area (Å²) < 4.78 is 15.7. The average molecular weight is 317 g/mol. The van der Waals surface area contributed by atoms with Gasteiger partial charge < -0.3 is 13.9 Å². The topological polar surface area (TPSA) is 94.8 Å². The molecule has 0 aliphatic carbocycles. The highest BCUT2D eigenvalue weighted by Gasteiger charge is 2.27. The molecule has 7 heteroatoms. The molecule has 23 heavy (non-hydrogen) atoms. The molecule has 7 nitrogen and oxygen atoms in total. The first-order valence-corrected chi connectivity index (χ1v) is 6.75. The standard InChI is InChI=1S/C16H15NO6/c1-9(18)17-16-15(22-11(3)20)14(21-10(2)19)13(23-16)12-7-5-4-6-8-12/h4-8H,1-3H3,(H,17,18). The highest BCUT2D eigenvalue weighted by atomic mass is 16.6. The van der Waals surface area contributed by atoms with Gasteiger partial charge in [-0.15, -0.1) is 0 Å². The van der Waals surface area contributed by atoms with Crippen molar-refractivity contribution < 1.29 is 28.3 Å². The van der Waals surface area contributed by atoms with E-state index in [1.807, 2.05) is 0 Å². The van der Waals surface area contributed by atoms with Crippen LogP contribution in [0.2, 0.25) is 0 Å². The van der Waals surface area contributed by atoms with Crippen molar-refractivity contribution in [2.24, 2.45) is 0 Å². The van der Waals surface area contributed by atoms with E-state index in [0.29, 0.717) is 5.56 Å². The normalized spacial score (nSPS) is 10.0. The first-order valence-electron chi connectivity index (χ1n) is 6.75. The molecule has 1 heterocycles. The molecule has 0 unspecified atom stereocenters. The van der Waals surface area contributed by atoms with E-state index >= 15 is 0 Å². The van der Waals surface area contributed by atoms with E-state index in [2.05, 4.69) is 5.32 Å². The SMILES string of the molecule is CC(=O)Nc1oc(-c2ccccc2)c(OC(C)=O)c1OC(C)=O. The van der Waals surface area contributed by atoms with Crippen molar-refractivity contribution in [3.63, 3.8) is 0 Å². The van der Waals surface area contributed by atoms with E-state index in [0.717, 1.165) is 0 Å². The summed E-state index contributed by atoms with van der Waals surface area (Å²) in [5.41, 5.74) is 0.591. The van der Waals surface area contributed by atoms with Crippen LogP contribution in [0.5, 0.6) is 11.5 Å². The molecule has 1 aromatic heterocycles. The molecule has 120 valence electrons. The lowest BCUT2D eigenvalue weighted by atomic mass is 10.1. The van der Waals surface area contributed by atoms with Gasteiger partial charge in [0.25, 0.3) is 0 Å². The molecule has 0 saturated heterocycles. The number of carbonyl (C=O) groups excluding carboxylic acids is 3. The molecule has 2 rings (SSSR count). The van der Waals surface area contributed by atoms with Crippen LogP contribution in [0.4, 0.5) is 5.88 Å². The largest absolute Gasteiger partial charge is 0.432 e. The third kappa shape index (κ3) is 3.97. The van der Waals surface area contributed by atoms with Gasteiger partial charge in [0.2, 0.25) is 23.3 Å². The molecular formula is C16H15NO6. The van der Waals surface area contributed by atoms with Gasteiger partial charge in [-0.05, 0) is 0 Å². The Hall–Kier alpha value is -3.09. The maximum absolute atomic E-state index is 11.4. The van der Waals surface area contributed by atoms with Crippen LogP contribution >= 0.6 is 0 Å². The van der Waals surface area contributed by atoms with Crippen molar-refractivity contribution in [2.75, 3.05) is 5.32 Å². The zero-order valence-electron chi connectivity index (χ0n) is 12.8. The van der Waals surface area contributed by atoms with E-state index < -0.39 is 17.8 Å². The fourth-order valence-corrected chi connectivity index (χ4v) is 1.90. The summed E-state index contributed by atoms with van der Waals surface area (Å²) in [6, 6.07) is 8.78. The number of rotatable bonds is 4. The van der Waals surface area contributed by atoms with Crippen molar-refractivity contribution >= 4 is 23.7 Å². The molecule has 0 fully saturated rings. The minimum absolute atomic E-state index is 0.0670. The zero-order valence-corrected chi connectivity index (χ0v) is 12.8. The number of furan rings is 1. The summed E-state index contributed by atoms with van der Waals surface area (Å²) in [6.07, 6.45) is 0. The Morgan fingerprint density at radius 2 is 1.48 bits per heavy atom. The quantitative estimate of drug-likeness (QED) is 0.871. The molecule has 1 amide bonds. The molecule has 0 aliphatic rings. The summed E-state index contributed by atoms with van der Waals surface area (Å²) >= 11 is 0. The number of esters is 2. The first kappa shape index (κ1) is 16.3. The van der Waals surface area contributed by atoms with Crippen LogP contribution in [0.3, 0.4) is 0 Å². The number of benzene rings is 1. The molecule has 0 aliphatic heterocycles. The van der Waals surface area contributed by atoms with Crippen LogP contribution in [0.1, 0.15) is 20.8 Å². The number of hydrogen-bond acceptors (Lipinski definition) is 6. The smallest absolute Gasteiger partial charge is 0.308 e. The van der Waals surface area contributed by atoms with Crippen molar-refractivity contribution in [1.82, 2.24) is 0 Å². The number of amides is 1. The monoisotopic (exact) mass is 317 g/mol. The van der Waals surface area contributed by atoms with Gasteiger partial charge >= 0.3 is 11.9 Å². The second-order valence-corrected chi connectivity index (χ2v) is 4.65. The number of carbonyl (C=O) groups is 3. The maximum Gasteiger partial charge on any atom is 0.308 e. The lowest BCUT2D eigenvalue weighted by molar-refractivity contribution is -0.134. The van der Waals surface area contributed by atoms with Crippen LogP contribution in [0.15, 0.2) is 34.7 Å². The summed E-state index contributed by atoms with van der Waals surface area (Å²) in [6.45, 7) is 3.66. The van der Waals surface area contributed by atoms with E-state index in [9.17, 15) is 14.4 Å². The average Bonchev–Trinajstić information content (AvgIpc) is 2.76. The zero-order chi connectivity index (χ0) is 17.0.